The van der Waals surface area contributed by atoms with Crippen LogP contribution in [0, 0.1) is 18.8 Å². The van der Waals surface area contributed by atoms with Crippen LogP contribution in [0.4, 0.5) is 0 Å². The molecule has 0 radical (unpaired) electrons. The molecule has 1 saturated heterocycles. The molecule has 2 fully saturated rings. The number of benzene rings is 1. The summed E-state index contributed by atoms with van der Waals surface area (Å²) in [6.07, 6.45) is 6.12. The normalized spacial score (nSPS) is 18.9. The Bertz CT molecular complexity index is 923. The fourth-order valence-electron chi connectivity index (χ4n) is 4.48. The smallest absolute Gasteiger partial charge is 0.225 e. The van der Waals surface area contributed by atoms with Crippen LogP contribution in [0.25, 0.3) is 10.9 Å². The van der Waals surface area contributed by atoms with E-state index in [0.29, 0.717) is 23.8 Å². The van der Waals surface area contributed by atoms with Gasteiger partial charge >= 0.3 is 0 Å². The van der Waals surface area contributed by atoms with Gasteiger partial charge in [-0.3, -0.25) is 9.59 Å². The highest BCUT2D eigenvalue weighted by atomic mass is 16.2. The van der Waals surface area contributed by atoms with Crippen molar-refractivity contribution in [3.05, 3.63) is 45.7 Å². The van der Waals surface area contributed by atoms with Crippen molar-refractivity contribution in [2.24, 2.45) is 11.8 Å². The number of pyridine rings is 1. The molecule has 2 aliphatic rings. The summed E-state index contributed by atoms with van der Waals surface area (Å²) >= 11 is 0. The summed E-state index contributed by atoms with van der Waals surface area (Å²) in [6, 6.07) is 8.10. The van der Waals surface area contributed by atoms with E-state index >= 15 is 0 Å². The SMILES string of the molecule is Cc1[nH]c2ccccc2c(=O)c1CCC(C)NCC1CCN(C(=O)C2CC2)CC1. The molecular formula is C24H33N3O2. The number of likely N-dealkylation sites (tertiary alicyclic amines) is 1. The molecule has 0 bridgehead atoms. The number of hydrogen-bond acceptors (Lipinski definition) is 3. The predicted molar refractivity (Wildman–Crippen MR) is 117 cm³/mol. The van der Waals surface area contributed by atoms with Crippen LogP contribution in [0.2, 0.25) is 0 Å². The van der Waals surface area contributed by atoms with Crippen molar-refractivity contribution in [2.75, 3.05) is 19.6 Å². The lowest BCUT2D eigenvalue weighted by Gasteiger charge is -2.33. The van der Waals surface area contributed by atoms with Gasteiger partial charge in [-0.05, 0) is 77.0 Å². The largest absolute Gasteiger partial charge is 0.358 e. The highest BCUT2D eigenvalue weighted by Gasteiger charge is 2.34. The van der Waals surface area contributed by atoms with Crippen LogP contribution in [-0.4, -0.2) is 41.5 Å². The molecule has 5 nitrogen and oxygen atoms in total. The van der Waals surface area contributed by atoms with E-state index in [9.17, 15) is 9.59 Å². The van der Waals surface area contributed by atoms with Crippen LogP contribution in [0.15, 0.2) is 29.1 Å². The topological polar surface area (TPSA) is 65.2 Å². The summed E-state index contributed by atoms with van der Waals surface area (Å²) in [5, 5.41) is 4.44. The maximum Gasteiger partial charge on any atom is 0.225 e. The van der Waals surface area contributed by atoms with Crippen molar-refractivity contribution in [1.29, 1.82) is 0 Å². The zero-order valence-electron chi connectivity index (χ0n) is 17.7. The van der Waals surface area contributed by atoms with Gasteiger partial charge in [-0.1, -0.05) is 12.1 Å². The summed E-state index contributed by atoms with van der Waals surface area (Å²) in [7, 11) is 0. The van der Waals surface area contributed by atoms with Gasteiger partial charge in [-0.25, -0.2) is 0 Å². The van der Waals surface area contributed by atoms with Crippen molar-refractivity contribution in [3.8, 4) is 0 Å². The summed E-state index contributed by atoms with van der Waals surface area (Å²) in [6.45, 7) is 7.04. The van der Waals surface area contributed by atoms with Crippen LogP contribution in [0.3, 0.4) is 0 Å². The summed E-state index contributed by atoms with van der Waals surface area (Å²) in [5.74, 6) is 1.37. The lowest BCUT2D eigenvalue weighted by atomic mass is 9.95. The molecule has 5 heteroatoms. The van der Waals surface area contributed by atoms with Crippen LogP contribution in [0.1, 0.15) is 50.3 Å². The molecule has 1 atom stereocenters. The van der Waals surface area contributed by atoms with Gasteiger partial charge < -0.3 is 15.2 Å². The highest BCUT2D eigenvalue weighted by molar-refractivity contribution is 5.81. The Morgan fingerprint density at radius 3 is 2.66 bits per heavy atom. The first-order valence-electron chi connectivity index (χ1n) is 11.2. The second-order valence-electron chi connectivity index (χ2n) is 8.99. The Hall–Kier alpha value is -2.14. The van der Waals surface area contributed by atoms with E-state index in [1.165, 1.54) is 0 Å². The molecule has 2 aromatic rings. The average Bonchev–Trinajstić information content (AvgIpc) is 3.57. The van der Waals surface area contributed by atoms with Crippen LogP contribution < -0.4 is 10.7 Å². The van der Waals surface area contributed by atoms with E-state index < -0.39 is 0 Å². The van der Waals surface area contributed by atoms with Gasteiger partial charge in [0.05, 0.1) is 0 Å². The molecule has 1 aromatic carbocycles. The van der Waals surface area contributed by atoms with Crippen molar-refractivity contribution in [1.82, 2.24) is 15.2 Å². The zero-order chi connectivity index (χ0) is 20.4. The van der Waals surface area contributed by atoms with Gasteiger partial charge in [0.2, 0.25) is 5.91 Å². The molecular weight excluding hydrogens is 362 g/mol. The summed E-state index contributed by atoms with van der Waals surface area (Å²) in [4.78, 5) is 30.5. The third-order valence-electron chi connectivity index (χ3n) is 6.66. The molecule has 1 unspecified atom stereocenters. The van der Waals surface area contributed by atoms with Crippen molar-refractivity contribution in [2.45, 2.75) is 58.4 Å². The first-order valence-corrected chi connectivity index (χ1v) is 11.2. The van der Waals surface area contributed by atoms with Gasteiger partial charge in [-0.15, -0.1) is 0 Å². The number of piperidine rings is 1. The number of aryl methyl sites for hydroxylation is 1. The molecule has 0 spiro atoms. The van der Waals surface area contributed by atoms with Crippen molar-refractivity contribution < 1.29 is 4.79 Å². The predicted octanol–water partition coefficient (Wildman–Crippen LogP) is 3.40. The maximum atomic E-state index is 12.8. The number of aromatic amines is 1. The molecule has 1 amide bonds. The average molecular weight is 396 g/mol. The third-order valence-corrected chi connectivity index (χ3v) is 6.66. The number of nitrogens with zero attached hydrogens (tertiary/aromatic N) is 1. The molecule has 1 aliphatic carbocycles. The van der Waals surface area contributed by atoms with Gasteiger partial charge in [-0.2, -0.15) is 0 Å². The molecule has 1 saturated carbocycles. The fraction of sp³-hybridized carbons (Fsp3) is 0.583. The Morgan fingerprint density at radius 2 is 1.93 bits per heavy atom. The molecule has 156 valence electrons. The number of aromatic nitrogens is 1. The summed E-state index contributed by atoms with van der Waals surface area (Å²) < 4.78 is 0. The Kier molecular flexibility index (Phi) is 6.04. The van der Waals surface area contributed by atoms with Crippen LogP contribution in [0.5, 0.6) is 0 Å². The first kappa shape index (κ1) is 20.1. The zero-order valence-corrected chi connectivity index (χ0v) is 17.7. The molecule has 1 aliphatic heterocycles. The number of nitrogens with one attached hydrogen (secondary N) is 2. The van der Waals surface area contributed by atoms with Crippen molar-refractivity contribution in [3.63, 3.8) is 0 Å². The number of H-pyrrole nitrogens is 1. The monoisotopic (exact) mass is 395 g/mol. The van der Waals surface area contributed by atoms with Crippen LogP contribution in [-0.2, 0) is 11.2 Å². The quantitative estimate of drug-likeness (QED) is 0.755. The van der Waals surface area contributed by atoms with Gasteiger partial charge in [0.15, 0.2) is 5.43 Å². The number of carbonyl (C=O) groups is 1. The van der Waals surface area contributed by atoms with Gasteiger partial charge in [0.1, 0.15) is 0 Å². The number of rotatable bonds is 7. The first-order chi connectivity index (χ1) is 14.0. The second-order valence-corrected chi connectivity index (χ2v) is 8.99. The third kappa shape index (κ3) is 4.72. The van der Waals surface area contributed by atoms with E-state index in [4.69, 9.17) is 0 Å². The van der Waals surface area contributed by atoms with E-state index in [2.05, 4.69) is 22.1 Å². The van der Waals surface area contributed by atoms with Gasteiger partial charge in [0.25, 0.3) is 0 Å². The number of para-hydroxylation sites is 1. The molecule has 2 heterocycles. The minimum atomic E-state index is 0.164. The Balaban J connectivity index is 1.25. The Labute approximate surface area is 172 Å². The number of fused-ring (bicyclic) bond motifs is 1. The minimum absolute atomic E-state index is 0.164. The lowest BCUT2D eigenvalue weighted by Crippen LogP contribution is -2.42. The minimum Gasteiger partial charge on any atom is -0.358 e. The van der Waals surface area contributed by atoms with Crippen molar-refractivity contribution >= 4 is 16.8 Å². The molecule has 2 N–H and O–H groups in total. The van der Waals surface area contributed by atoms with E-state index in [-0.39, 0.29) is 5.43 Å². The number of hydrogen-bond donors (Lipinski definition) is 2. The molecule has 1 aromatic heterocycles. The maximum absolute atomic E-state index is 12.8. The summed E-state index contributed by atoms with van der Waals surface area (Å²) in [5.41, 5.74) is 2.96. The highest BCUT2D eigenvalue weighted by Crippen LogP contribution is 2.32. The standard InChI is InChI=1S/C24H33N3O2/c1-16(25-15-18-11-13-27(14-12-18)24(29)19-8-9-19)7-10-20-17(2)26-22-6-4-3-5-21(22)23(20)28/h3-6,16,18-19,25H,7-15H2,1-2H3,(H,26,28). The molecule has 4 rings (SSSR count). The van der Waals surface area contributed by atoms with Crippen LogP contribution >= 0.6 is 0 Å². The lowest BCUT2D eigenvalue weighted by molar-refractivity contribution is -0.133. The van der Waals surface area contributed by atoms with E-state index in [1.807, 2.05) is 31.2 Å². The second kappa shape index (κ2) is 8.70. The number of amides is 1. The van der Waals surface area contributed by atoms with E-state index in [1.54, 1.807) is 0 Å². The van der Waals surface area contributed by atoms with Gasteiger partial charge in [0, 0.05) is 47.2 Å². The van der Waals surface area contributed by atoms with E-state index in [0.717, 1.165) is 80.3 Å². The molecule has 29 heavy (non-hydrogen) atoms. The number of carbonyl (C=O) groups excluding carboxylic acids is 1. The fourth-order valence-corrected chi connectivity index (χ4v) is 4.48. The Morgan fingerprint density at radius 1 is 1.21 bits per heavy atom.